The van der Waals surface area contributed by atoms with Crippen molar-refractivity contribution in [1.82, 2.24) is 25.1 Å². The molecule has 0 fully saturated rings. The molecule has 2 aromatic heterocycles. The molecular formula is C21H16ClF3N6S. The molecule has 0 amide bonds. The van der Waals surface area contributed by atoms with Crippen LogP contribution in [0.5, 0.6) is 0 Å². The molecule has 0 unspecified atom stereocenters. The topological polar surface area (TPSA) is 79.4 Å². The molecule has 4 rings (SSSR count). The van der Waals surface area contributed by atoms with E-state index in [-0.39, 0.29) is 16.5 Å². The predicted molar refractivity (Wildman–Crippen MR) is 116 cm³/mol. The van der Waals surface area contributed by atoms with E-state index in [9.17, 15) is 13.2 Å². The monoisotopic (exact) mass is 476 g/mol. The van der Waals surface area contributed by atoms with Crippen molar-refractivity contribution < 1.29 is 13.2 Å². The van der Waals surface area contributed by atoms with Gasteiger partial charge in [0, 0.05) is 18.2 Å². The van der Waals surface area contributed by atoms with Crippen molar-refractivity contribution in [2.24, 2.45) is 0 Å². The van der Waals surface area contributed by atoms with Crippen LogP contribution in [0, 0.1) is 6.92 Å². The molecule has 0 spiro atoms. The van der Waals surface area contributed by atoms with Crippen molar-refractivity contribution in [3.05, 3.63) is 76.4 Å². The van der Waals surface area contributed by atoms with Crippen LogP contribution in [0.3, 0.4) is 0 Å². The van der Waals surface area contributed by atoms with Crippen LogP contribution in [0.2, 0.25) is 5.15 Å². The highest BCUT2D eigenvalue weighted by Gasteiger charge is 2.31. The molecule has 2 N–H and O–H groups in total. The summed E-state index contributed by atoms with van der Waals surface area (Å²) in [6.07, 6.45) is -4.45. The fraction of sp³-hybridized carbons (Fsp3) is 0.143. The summed E-state index contributed by atoms with van der Waals surface area (Å²) in [6.45, 7) is 2.14. The largest absolute Gasteiger partial charge is 0.416 e. The fourth-order valence-corrected chi connectivity index (χ4v) is 3.82. The summed E-state index contributed by atoms with van der Waals surface area (Å²) in [5.41, 5.74) is 1.05. The summed E-state index contributed by atoms with van der Waals surface area (Å²) in [5, 5.41) is 10.8. The third-order valence-electron chi connectivity index (χ3n) is 4.31. The first kappa shape index (κ1) is 22.1. The van der Waals surface area contributed by atoms with Gasteiger partial charge in [-0.25, -0.2) is 15.0 Å². The molecule has 0 saturated carbocycles. The summed E-state index contributed by atoms with van der Waals surface area (Å²) >= 11 is 7.19. The molecule has 164 valence electrons. The predicted octanol–water partition coefficient (Wildman–Crippen LogP) is 6.01. The van der Waals surface area contributed by atoms with Gasteiger partial charge in [0.25, 0.3) is 0 Å². The van der Waals surface area contributed by atoms with E-state index in [1.165, 1.54) is 0 Å². The Morgan fingerprint density at radius 1 is 1.03 bits per heavy atom. The number of nitrogens with one attached hydrogen (secondary N) is 2. The first-order chi connectivity index (χ1) is 15.3. The van der Waals surface area contributed by atoms with Crippen molar-refractivity contribution in [3.63, 3.8) is 0 Å². The molecule has 2 heterocycles. The lowest BCUT2D eigenvalue weighted by molar-refractivity contribution is -0.137. The highest BCUT2D eigenvalue weighted by Crippen LogP contribution is 2.33. The smallest absolute Gasteiger partial charge is 0.366 e. The van der Waals surface area contributed by atoms with Gasteiger partial charge in [-0.3, -0.25) is 5.10 Å². The molecule has 11 heteroatoms. The minimum absolute atomic E-state index is 0.145. The molecule has 0 aliphatic carbocycles. The summed E-state index contributed by atoms with van der Waals surface area (Å²) in [5.74, 6) is 0.677. The van der Waals surface area contributed by atoms with Gasteiger partial charge < -0.3 is 5.32 Å². The van der Waals surface area contributed by atoms with Crippen LogP contribution < -0.4 is 5.32 Å². The van der Waals surface area contributed by atoms with Crippen molar-refractivity contribution in [1.29, 1.82) is 0 Å². The van der Waals surface area contributed by atoms with E-state index in [1.807, 2.05) is 30.3 Å². The third-order valence-corrected chi connectivity index (χ3v) is 5.24. The van der Waals surface area contributed by atoms with E-state index >= 15 is 0 Å². The van der Waals surface area contributed by atoms with Gasteiger partial charge in [-0.1, -0.05) is 41.9 Å². The highest BCUT2D eigenvalue weighted by molar-refractivity contribution is 7.99. The Morgan fingerprint density at radius 3 is 2.56 bits per heavy atom. The van der Waals surface area contributed by atoms with Gasteiger partial charge in [-0.05, 0) is 48.0 Å². The average molecular weight is 477 g/mol. The highest BCUT2D eigenvalue weighted by atomic mass is 35.5. The second-order valence-corrected chi connectivity index (χ2v) is 8.19. The number of hydrogen-bond donors (Lipinski definition) is 2. The minimum Gasteiger partial charge on any atom is -0.366 e. The molecule has 4 aromatic rings. The quantitative estimate of drug-likeness (QED) is 0.262. The number of aromatic amines is 1. The number of alkyl halides is 3. The number of nitrogens with zero attached hydrogens (tertiary/aromatic N) is 4. The van der Waals surface area contributed by atoms with Crippen LogP contribution in [0.4, 0.5) is 19.0 Å². The lowest BCUT2D eigenvalue weighted by atomic mass is 10.1. The lowest BCUT2D eigenvalue weighted by Crippen LogP contribution is -2.05. The maximum Gasteiger partial charge on any atom is 0.416 e. The number of hydrogen-bond acceptors (Lipinski definition) is 6. The zero-order valence-corrected chi connectivity index (χ0v) is 18.2. The number of aromatic nitrogens is 5. The molecule has 2 aromatic carbocycles. The van der Waals surface area contributed by atoms with E-state index in [1.54, 1.807) is 19.1 Å². The molecule has 0 radical (unpaired) electrons. The summed E-state index contributed by atoms with van der Waals surface area (Å²) < 4.78 is 39.3. The molecule has 6 nitrogen and oxygen atoms in total. The van der Waals surface area contributed by atoms with E-state index in [2.05, 4.69) is 30.5 Å². The maximum absolute atomic E-state index is 13.1. The second kappa shape index (κ2) is 9.17. The number of benzene rings is 2. The fourth-order valence-electron chi connectivity index (χ4n) is 2.91. The van der Waals surface area contributed by atoms with Gasteiger partial charge in [0.05, 0.1) is 5.56 Å². The average Bonchev–Trinajstić information content (AvgIpc) is 3.20. The molecule has 0 bridgehead atoms. The molecule has 0 saturated heterocycles. The number of aryl methyl sites for hydroxylation is 1. The number of anilines is 1. The molecule has 0 aliphatic rings. The van der Waals surface area contributed by atoms with Crippen LogP contribution in [-0.2, 0) is 12.7 Å². The van der Waals surface area contributed by atoms with Crippen molar-refractivity contribution in [2.75, 3.05) is 5.32 Å². The Kier molecular flexibility index (Phi) is 6.33. The van der Waals surface area contributed by atoms with Gasteiger partial charge in [-0.15, -0.1) is 0 Å². The molecular weight excluding hydrogens is 461 g/mol. The lowest BCUT2D eigenvalue weighted by Gasteiger charge is -2.09. The van der Waals surface area contributed by atoms with Crippen LogP contribution in [0.25, 0.3) is 11.4 Å². The Labute approximate surface area is 190 Å². The molecule has 32 heavy (non-hydrogen) atoms. The van der Waals surface area contributed by atoms with Gasteiger partial charge in [0.2, 0.25) is 0 Å². The first-order valence-electron chi connectivity index (χ1n) is 9.38. The van der Waals surface area contributed by atoms with Crippen molar-refractivity contribution in [2.45, 2.75) is 30.0 Å². The van der Waals surface area contributed by atoms with Crippen LogP contribution in [0.1, 0.15) is 16.7 Å². The van der Waals surface area contributed by atoms with E-state index < -0.39 is 11.7 Å². The summed E-state index contributed by atoms with van der Waals surface area (Å²) in [7, 11) is 0. The van der Waals surface area contributed by atoms with Gasteiger partial charge in [-0.2, -0.15) is 18.3 Å². The SMILES string of the molecule is Cc1cc(-c2n[nH]c(Sc3nc(Cl)cc(NCc4ccccc4)n3)n2)cc(C(F)(F)F)c1. The van der Waals surface area contributed by atoms with Gasteiger partial charge in [0.15, 0.2) is 16.1 Å². The second-order valence-electron chi connectivity index (χ2n) is 6.85. The van der Waals surface area contributed by atoms with Crippen molar-refractivity contribution in [3.8, 4) is 11.4 Å². The Morgan fingerprint density at radius 2 is 1.81 bits per heavy atom. The van der Waals surface area contributed by atoms with E-state index in [4.69, 9.17) is 11.6 Å². The Balaban J connectivity index is 1.51. The summed E-state index contributed by atoms with van der Waals surface area (Å²) in [6, 6.07) is 15.1. The number of H-pyrrole nitrogens is 1. The maximum atomic E-state index is 13.1. The number of halogens is 4. The standard InChI is InChI=1S/C21H16ClF3N6S/c1-12-7-14(9-15(8-12)21(23,24)25)18-29-20(31-30-18)32-19-27-16(22)10-17(28-19)26-11-13-5-3-2-4-6-13/h2-10H,11H2,1H3,(H,26,27,28)(H,29,30,31). The molecule has 0 aliphatic heterocycles. The third kappa shape index (κ3) is 5.57. The minimum atomic E-state index is -4.45. The zero-order valence-electron chi connectivity index (χ0n) is 16.6. The van der Waals surface area contributed by atoms with Crippen LogP contribution >= 0.6 is 23.4 Å². The van der Waals surface area contributed by atoms with Crippen molar-refractivity contribution >= 4 is 29.2 Å². The van der Waals surface area contributed by atoms with Crippen LogP contribution in [0.15, 0.2) is 64.9 Å². The molecule has 0 atom stereocenters. The number of rotatable bonds is 6. The van der Waals surface area contributed by atoms with E-state index in [0.29, 0.717) is 28.2 Å². The van der Waals surface area contributed by atoms with E-state index in [0.717, 1.165) is 29.5 Å². The first-order valence-corrected chi connectivity index (χ1v) is 10.6. The Hall–Kier alpha value is -3.11. The normalized spacial score (nSPS) is 11.5. The zero-order chi connectivity index (χ0) is 22.7. The Bertz CT molecular complexity index is 1230. The van der Waals surface area contributed by atoms with Gasteiger partial charge >= 0.3 is 6.18 Å². The van der Waals surface area contributed by atoms with Gasteiger partial charge in [0.1, 0.15) is 11.0 Å². The summed E-state index contributed by atoms with van der Waals surface area (Å²) in [4.78, 5) is 12.9. The van der Waals surface area contributed by atoms with Crippen LogP contribution in [-0.4, -0.2) is 25.1 Å².